The van der Waals surface area contributed by atoms with Crippen LogP contribution >= 0.6 is 11.3 Å². The van der Waals surface area contributed by atoms with E-state index >= 15 is 0 Å². The summed E-state index contributed by atoms with van der Waals surface area (Å²) < 4.78 is 1.72. The van der Waals surface area contributed by atoms with Crippen LogP contribution in [0.1, 0.15) is 39.7 Å². The summed E-state index contributed by atoms with van der Waals surface area (Å²) in [6.45, 7) is 6.72. The highest BCUT2D eigenvalue weighted by Crippen LogP contribution is 2.17. The van der Waals surface area contributed by atoms with Crippen molar-refractivity contribution in [2.75, 3.05) is 13.1 Å². The largest absolute Gasteiger partial charge is 0.345 e. The fourth-order valence-corrected chi connectivity index (χ4v) is 4.31. The summed E-state index contributed by atoms with van der Waals surface area (Å²) in [6, 6.07) is 6.29. The van der Waals surface area contributed by atoms with E-state index in [9.17, 15) is 4.79 Å². The van der Waals surface area contributed by atoms with Crippen molar-refractivity contribution in [3.8, 4) is 0 Å². The molecular weight excluding hydrogens is 348 g/mol. The van der Waals surface area contributed by atoms with Gasteiger partial charge in [-0.15, -0.1) is 21.5 Å². The van der Waals surface area contributed by atoms with E-state index in [1.165, 1.54) is 4.88 Å². The molecule has 26 heavy (non-hydrogen) atoms. The van der Waals surface area contributed by atoms with Gasteiger partial charge in [0.05, 0.1) is 0 Å². The Morgan fingerprint density at radius 2 is 2.27 bits per heavy atom. The summed E-state index contributed by atoms with van der Waals surface area (Å²) in [6.07, 6.45) is 2.07. The zero-order valence-electron chi connectivity index (χ0n) is 15.0. The predicted octanol–water partition coefficient (Wildman–Crippen LogP) is 2.20. The molecule has 0 aromatic carbocycles. The minimum Gasteiger partial charge on any atom is -0.345 e. The molecule has 0 unspecified atom stereocenters. The Balaban J connectivity index is 1.46. The van der Waals surface area contributed by atoms with Crippen LogP contribution in [-0.2, 0) is 6.54 Å². The van der Waals surface area contributed by atoms with Crippen LogP contribution in [0.5, 0.6) is 0 Å². The molecule has 1 aliphatic rings. The van der Waals surface area contributed by atoms with Crippen molar-refractivity contribution in [3.05, 3.63) is 45.7 Å². The first-order chi connectivity index (χ1) is 12.6. The summed E-state index contributed by atoms with van der Waals surface area (Å²) in [5.41, 5.74) is 1.77. The average molecular weight is 370 g/mol. The van der Waals surface area contributed by atoms with E-state index in [-0.39, 0.29) is 11.9 Å². The molecule has 1 atom stereocenters. The van der Waals surface area contributed by atoms with Gasteiger partial charge in [-0.2, -0.15) is 0 Å². The Bertz CT molecular complexity index is 919. The normalized spacial score (nSPS) is 18.3. The number of nitrogens with one attached hydrogen (secondary N) is 1. The maximum Gasteiger partial charge on any atom is 0.289 e. The molecule has 7 nitrogen and oxygen atoms in total. The van der Waals surface area contributed by atoms with Gasteiger partial charge < -0.3 is 5.32 Å². The zero-order valence-corrected chi connectivity index (χ0v) is 15.8. The number of nitrogens with zero attached hydrogens (tertiary/aromatic N) is 5. The molecule has 136 valence electrons. The molecule has 8 heteroatoms. The molecule has 0 radical (unpaired) electrons. The Labute approximate surface area is 156 Å². The van der Waals surface area contributed by atoms with Gasteiger partial charge in [-0.05, 0) is 50.7 Å². The Morgan fingerprint density at radius 3 is 3.08 bits per heavy atom. The van der Waals surface area contributed by atoms with Crippen LogP contribution in [0.25, 0.3) is 5.78 Å². The van der Waals surface area contributed by atoms with Crippen LogP contribution in [0.15, 0.2) is 23.6 Å². The predicted molar refractivity (Wildman–Crippen MR) is 100 cm³/mol. The third-order valence-corrected chi connectivity index (χ3v) is 5.56. The number of rotatable bonds is 4. The molecule has 1 aliphatic heterocycles. The summed E-state index contributed by atoms with van der Waals surface area (Å²) >= 11 is 1.78. The molecule has 1 N–H and O–H groups in total. The number of thiophene rings is 1. The fourth-order valence-electron chi connectivity index (χ4n) is 3.57. The summed E-state index contributed by atoms with van der Waals surface area (Å²) in [5.74, 6) is 0.588. The molecule has 1 fully saturated rings. The van der Waals surface area contributed by atoms with Crippen molar-refractivity contribution < 1.29 is 4.79 Å². The van der Waals surface area contributed by atoms with E-state index in [0.717, 1.165) is 43.9 Å². The molecule has 0 aliphatic carbocycles. The summed E-state index contributed by atoms with van der Waals surface area (Å²) in [5, 5.41) is 13.4. The summed E-state index contributed by atoms with van der Waals surface area (Å²) in [7, 11) is 0. The lowest BCUT2D eigenvalue weighted by Crippen LogP contribution is -2.47. The smallest absolute Gasteiger partial charge is 0.289 e. The SMILES string of the molecule is Cc1cc(C)n2c(C(=O)N[C@H]3CCCN(Cc4cccs4)C3)nnc2n1. The number of aryl methyl sites for hydroxylation is 2. The highest BCUT2D eigenvalue weighted by Gasteiger charge is 2.24. The molecule has 1 amide bonds. The maximum absolute atomic E-state index is 12.8. The maximum atomic E-state index is 12.8. The number of hydrogen-bond donors (Lipinski definition) is 1. The van der Waals surface area contributed by atoms with Crippen LogP contribution in [0, 0.1) is 13.8 Å². The Hall–Kier alpha value is -2.32. The molecule has 3 aromatic heterocycles. The third-order valence-electron chi connectivity index (χ3n) is 4.70. The van der Waals surface area contributed by atoms with Crippen molar-refractivity contribution in [2.45, 2.75) is 39.3 Å². The van der Waals surface area contributed by atoms with Gasteiger partial charge in [0.2, 0.25) is 5.82 Å². The molecule has 0 spiro atoms. The number of carbonyl (C=O) groups is 1. The lowest BCUT2D eigenvalue weighted by molar-refractivity contribution is 0.0889. The average Bonchev–Trinajstić information content (AvgIpc) is 3.24. The minimum absolute atomic E-state index is 0.127. The number of amides is 1. The van der Waals surface area contributed by atoms with Crippen molar-refractivity contribution in [3.63, 3.8) is 0 Å². The second-order valence-corrected chi connectivity index (χ2v) is 7.86. The monoisotopic (exact) mass is 370 g/mol. The number of piperidine rings is 1. The van der Waals surface area contributed by atoms with E-state index < -0.39 is 0 Å². The molecule has 3 aromatic rings. The molecule has 4 heterocycles. The number of fused-ring (bicyclic) bond motifs is 1. The molecular formula is C18H22N6OS. The molecule has 4 rings (SSSR count). The number of hydrogen-bond acceptors (Lipinski definition) is 6. The lowest BCUT2D eigenvalue weighted by atomic mass is 10.1. The van der Waals surface area contributed by atoms with Crippen LogP contribution in [-0.4, -0.2) is 49.5 Å². The van der Waals surface area contributed by atoms with Gasteiger partial charge in [0.15, 0.2) is 0 Å². The van der Waals surface area contributed by atoms with E-state index in [1.807, 2.05) is 19.9 Å². The summed E-state index contributed by atoms with van der Waals surface area (Å²) in [4.78, 5) is 20.9. The molecule has 0 saturated carbocycles. The van der Waals surface area contributed by atoms with E-state index in [4.69, 9.17) is 0 Å². The quantitative estimate of drug-likeness (QED) is 0.762. The topological polar surface area (TPSA) is 75.4 Å². The number of aromatic nitrogens is 4. The van der Waals surface area contributed by atoms with E-state index in [1.54, 1.807) is 15.7 Å². The second-order valence-electron chi connectivity index (χ2n) is 6.83. The standard InChI is InChI=1S/C18H22N6OS/c1-12-9-13(2)24-16(21-22-18(24)19-12)17(25)20-14-5-3-7-23(10-14)11-15-6-4-8-26-15/h4,6,8-9,14H,3,5,7,10-11H2,1-2H3,(H,20,25)/t14-/m0/s1. The van der Waals surface area contributed by atoms with E-state index in [2.05, 4.69) is 42.9 Å². The van der Waals surface area contributed by atoms with Gasteiger partial charge >= 0.3 is 0 Å². The third kappa shape index (κ3) is 3.47. The first kappa shape index (κ1) is 17.1. The van der Waals surface area contributed by atoms with Gasteiger partial charge in [0.25, 0.3) is 11.7 Å². The highest BCUT2D eigenvalue weighted by atomic mass is 32.1. The minimum atomic E-state index is -0.186. The van der Waals surface area contributed by atoms with Crippen molar-refractivity contribution in [1.29, 1.82) is 0 Å². The van der Waals surface area contributed by atoms with Gasteiger partial charge in [0, 0.05) is 35.4 Å². The van der Waals surface area contributed by atoms with Crippen LogP contribution in [0.3, 0.4) is 0 Å². The van der Waals surface area contributed by atoms with Gasteiger partial charge in [0.1, 0.15) is 0 Å². The van der Waals surface area contributed by atoms with E-state index in [0.29, 0.717) is 11.6 Å². The van der Waals surface area contributed by atoms with Crippen molar-refractivity contribution >= 4 is 23.0 Å². The van der Waals surface area contributed by atoms with Crippen LogP contribution in [0.4, 0.5) is 0 Å². The highest BCUT2D eigenvalue weighted by molar-refractivity contribution is 7.09. The zero-order chi connectivity index (χ0) is 18.1. The molecule has 0 bridgehead atoms. The number of carbonyl (C=O) groups excluding carboxylic acids is 1. The van der Waals surface area contributed by atoms with Gasteiger partial charge in [-0.1, -0.05) is 6.07 Å². The van der Waals surface area contributed by atoms with Crippen LogP contribution in [0.2, 0.25) is 0 Å². The first-order valence-electron chi connectivity index (χ1n) is 8.85. The fraction of sp³-hybridized carbons (Fsp3) is 0.444. The Morgan fingerprint density at radius 1 is 1.38 bits per heavy atom. The second kappa shape index (κ2) is 7.13. The number of likely N-dealkylation sites (tertiary alicyclic amines) is 1. The first-order valence-corrected chi connectivity index (χ1v) is 9.73. The van der Waals surface area contributed by atoms with Crippen molar-refractivity contribution in [2.24, 2.45) is 0 Å². The van der Waals surface area contributed by atoms with Crippen molar-refractivity contribution in [1.82, 2.24) is 29.8 Å². The van der Waals surface area contributed by atoms with Gasteiger partial charge in [-0.3, -0.25) is 14.1 Å². The van der Waals surface area contributed by atoms with Crippen LogP contribution < -0.4 is 5.32 Å². The molecule has 1 saturated heterocycles. The lowest BCUT2D eigenvalue weighted by Gasteiger charge is -2.32. The van der Waals surface area contributed by atoms with Gasteiger partial charge in [-0.25, -0.2) is 4.98 Å². The Kier molecular flexibility index (Phi) is 4.69.